The maximum Gasteiger partial charge on any atom is 0.259 e. The maximum absolute atomic E-state index is 14.6. The molecule has 4 aliphatic rings. The number of amides is 4. The number of aromatic nitrogens is 1. The molecular weight excluding hydrogens is 711 g/mol. The summed E-state index contributed by atoms with van der Waals surface area (Å²) in [4.78, 5) is 62.3. The minimum Gasteiger partial charge on any atom is -0.497 e. The molecule has 7 rings (SSSR count). The Morgan fingerprint density at radius 3 is 2.52 bits per heavy atom. The molecule has 4 amide bonds. The highest BCUT2D eigenvalue weighted by Crippen LogP contribution is 2.46. The van der Waals surface area contributed by atoms with Gasteiger partial charge in [-0.05, 0) is 49.7 Å². The molecule has 2 saturated carbocycles. The molecule has 0 spiro atoms. The van der Waals surface area contributed by atoms with Crippen LogP contribution in [0.1, 0.15) is 65.7 Å². The number of rotatable bonds is 7. The van der Waals surface area contributed by atoms with Crippen molar-refractivity contribution < 1.29 is 37.1 Å². The Hall–Kier alpha value is -4.98. The highest BCUT2D eigenvalue weighted by molar-refractivity contribution is 7.91. The van der Waals surface area contributed by atoms with Crippen molar-refractivity contribution in [3.8, 4) is 22.8 Å². The van der Waals surface area contributed by atoms with E-state index >= 15 is 0 Å². The van der Waals surface area contributed by atoms with Crippen LogP contribution in [0.3, 0.4) is 0 Å². The predicted molar refractivity (Wildman–Crippen MR) is 202 cm³/mol. The zero-order valence-electron chi connectivity index (χ0n) is 31.0. The molecule has 3 aromatic rings. The number of benzene rings is 2. The standard InChI is InChI=1S/C40H47N5O8S/c1-39(2,3)35-37(48)45-23-27(53-33-21-30(24-11-7-5-8-12-24)41-31-19-26(52-4)15-18-29(31)33)20-32(45)36(47)43-40(38(49)44-54(50,51)28-16-17-28)22-25(40)13-9-6-10-14-34(46)42-35/h5,7-9,11-13,15,18-19,21,25,27-28,32,35H,6,10,14,16-17,20,22-23H2,1-4H3,(H,42,46)(H,43,47)(H,44,49)/t25-,27-,32+,35+,40-/m1/s1. The van der Waals surface area contributed by atoms with Gasteiger partial charge in [-0.2, -0.15) is 0 Å². The number of allylic oxidation sites excluding steroid dienone is 1. The van der Waals surface area contributed by atoms with E-state index in [-0.39, 0.29) is 31.7 Å². The van der Waals surface area contributed by atoms with Crippen molar-refractivity contribution in [1.29, 1.82) is 0 Å². The van der Waals surface area contributed by atoms with Gasteiger partial charge in [-0.15, -0.1) is 0 Å². The molecule has 3 fully saturated rings. The number of methoxy groups -OCH3 is 1. The van der Waals surface area contributed by atoms with Gasteiger partial charge < -0.3 is 25.0 Å². The van der Waals surface area contributed by atoms with Crippen LogP contribution in [0.15, 0.2) is 66.7 Å². The summed E-state index contributed by atoms with van der Waals surface area (Å²) in [6.07, 6.45) is 5.40. The third-order valence-electron chi connectivity index (χ3n) is 10.7. The van der Waals surface area contributed by atoms with E-state index in [1.54, 1.807) is 19.3 Å². The molecule has 1 saturated heterocycles. The van der Waals surface area contributed by atoms with Crippen molar-refractivity contribution in [1.82, 2.24) is 25.2 Å². The minimum absolute atomic E-state index is 0.0125. The van der Waals surface area contributed by atoms with Crippen LogP contribution in [0, 0.1) is 11.3 Å². The first-order valence-corrected chi connectivity index (χ1v) is 20.1. The smallest absolute Gasteiger partial charge is 0.259 e. The zero-order chi connectivity index (χ0) is 38.4. The lowest BCUT2D eigenvalue weighted by molar-refractivity contribution is -0.144. The summed E-state index contributed by atoms with van der Waals surface area (Å²) in [6.45, 7) is 5.56. The number of nitrogens with zero attached hydrogens (tertiary/aromatic N) is 2. The number of hydrogen-bond acceptors (Lipinski definition) is 9. The fraction of sp³-hybridized carbons (Fsp3) is 0.475. The van der Waals surface area contributed by atoms with Gasteiger partial charge in [0.25, 0.3) is 5.91 Å². The van der Waals surface area contributed by atoms with Gasteiger partial charge in [0.1, 0.15) is 35.2 Å². The average Bonchev–Trinajstić information content (AvgIpc) is 4.06. The first-order valence-electron chi connectivity index (χ1n) is 18.5. The van der Waals surface area contributed by atoms with E-state index in [1.165, 1.54) is 4.90 Å². The fourth-order valence-corrected chi connectivity index (χ4v) is 8.73. The van der Waals surface area contributed by atoms with Gasteiger partial charge in [0.15, 0.2) is 0 Å². The Morgan fingerprint density at radius 1 is 1.06 bits per heavy atom. The number of hydrogen-bond donors (Lipinski definition) is 3. The number of fused-ring (bicyclic) bond motifs is 3. The molecule has 2 aliphatic carbocycles. The van der Waals surface area contributed by atoms with Gasteiger partial charge in [0.05, 0.1) is 30.1 Å². The Labute approximate surface area is 315 Å². The van der Waals surface area contributed by atoms with Crippen LogP contribution in [-0.4, -0.2) is 84.6 Å². The van der Waals surface area contributed by atoms with Crippen molar-refractivity contribution in [2.24, 2.45) is 11.3 Å². The number of sulfonamides is 1. The van der Waals surface area contributed by atoms with E-state index in [2.05, 4.69) is 15.4 Å². The molecule has 1 aromatic heterocycles. The highest BCUT2D eigenvalue weighted by atomic mass is 32.2. The van der Waals surface area contributed by atoms with Crippen LogP contribution in [0.5, 0.6) is 11.5 Å². The lowest BCUT2D eigenvalue weighted by Crippen LogP contribution is -2.60. The van der Waals surface area contributed by atoms with Crippen molar-refractivity contribution in [3.63, 3.8) is 0 Å². The first-order chi connectivity index (χ1) is 25.7. The normalized spacial score (nSPS) is 26.4. The molecule has 3 N–H and O–H groups in total. The second-order valence-electron chi connectivity index (χ2n) is 15.9. The van der Waals surface area contributed by atoms with Gasteiger partial charge in [0.2, 0.25) is 27.7 Å². The van der Waals surface area contributed by atoms with Crippen LogP contribution < -0.4 is 24.8 Å². The van der Waals surface area contributed by atoms with Crippen molar-refractivity contribution in [2.45, 2.75) is 94.7 Å². The van der Waals surface area contributed by atoms with Gasteiger partial charge in [0, 0.05) is 41.8 Å². The third-order valence-corrected chi connectivity index (χ3v) is 12.5. The van der Waals surface area contributed by atoms with Crippen LogP contribution in [0.25, 0.3) is 22.2 Å². The number of nitrogens with one attached hydrogen (secondary N) is 3. The summed E-state index contributed by atoms with van der Waals surface area (Å²) < 4.78 is 40.1. The molecule has 54 heavy (non-hydrogen) atoms. The van der Waals surface area contributed by atoms with Crippen molar-refractivity contribution in [2.75, 3.05) is 13.7 Å². The van der Waals surface area contributed by atoms with Gasteiger partial charge >= 0.3 is 0 Å². The molecule has 13 nitrogen and oxygen atoms in total. The number of ether oxygens (including phenoxy) is 2. The summed E-state index contributed by atoms with van der Waals surface area (Å²) in [5, 5.41) is 5.92. The Kier molecular flexibility index (Phi) is 9.92. The number of carbonyl (C=O) groups is 4. The zero-order valence-corrected chi connectivity index (χ0v) is 31.8. The molecule has 14 heteroatoms. The van der Waals surface area contributed by atoms with Crippen molar-refractivity contribution in [3.05, 3.63) is 66.7 Å². The van der Waals surface area contributed by atoms with E-state index in [0.29, 0.717) is 53.8 Å². The molecule has 0 bridgehead atoms. The topological polar surface area (TPSA) is 173 Å². The van der Waals surface area contributed by atoms with E-state index in [0.717, 1.165) is 5.56 Å². The average molecular weight is 758 g/mol. The van der Waals surface area contributed by atoms with Gasteiger partial charge in [-0.3, -0.25) is 23.9 Å². The Morgan fingerprint density at radius 2 is 1.81 bits per heavy atom. The molecule has 3 heterocycles. The van der Waals surface area contributed by atoms with Gasteiger partial charge in [-0.25, -0.2) is 13.4 Å². The monoisotopic (exact) mass is 757 g/mol. The maximum atomic E-state index is 14.6. The van der Waals surface area contributed by atoms with E-state index in [1.807, 2.05) is 75.4 Å². The van der Waals surface area contributed by atoms with Crippen LogP contribution >= 0.6 is 0 Å². The van der Waals surface area contributed by atoms with Gasteiger partial charge in [-0.1, -0.05) is 63.3 Å². The summed E-state index contributed by atoms with van der Waals surface area (Å²) in [5.74, 6) is -1.48. The Bertz CT molecular complexity index is 2110. The summed E-state index contributed by atoms with van der Waals surface area (Å²) >= 11 is 0. The van der Waals surface area contributed by atoms with E-state index < -0.39 is 68.1 Å². The van der Waals surface area contributed by atoms with Crippen LogP contribution in [0.4, 0.5) is 0 Å². The largest absolute Gasteiger partial charge is 0.497 e. The second-order valence-corrected chi connectivity index (χ2v) is 17.8. The fourth-order valence-electron chi connectivity index (χ4n) is 7.37. The SMILES string of the molecule is COc1ccc2c(O[C@@H]3C[C@H]4C(=O)N[C@]5(C(=O)NS(=O)(=O)C6CC6)C[C@H]5C=CCCCC(=O)N[C@H](C(C)(C)C)C(=O)N4C3)cc(-c3ccccc3)nc2c1. The quantitative estimate of drug-likeness (QED) is 0.301. The number of carbonyl (C=O) groups excluding carboxylic acids is 4. The summed E-state index contributed by atoms with van der Waals surface area (Å²) in [5.41, 5.74) is -0.0722. The highest BCUT2D eigenvalue weighted by Gasteiger charge is 2.62. The van der Waals surface area contributed by atoms with E-state index in [9.17, 15) is 27.6 Å². The number of pyridine rings is 1. The molecule has 0 unspecified atom stereocenters. The molecule has 2 aromatic carbocycles. The lowest BCUT2D eigenvalue weighted by Gasteiger charge is -2.35. The first kappa shape index (κ1) is 37.3. The third kappa shape index (κ3) is 7.66. The lowest BCUT2D eigenvalue weighted by atomic mass is 9.85. The van der Waals surface area contributed by atoms with Crippen LogP contribution in [-0.2, 0) is 29.2 Å². The molecule has 5 atom stereocenters. The van der Waals surface area contributed by atoms with Crippen molar-refractivity contribution >= 4 is 44.6 Å². The Balaban J connectivity index is 1.24. The summed E-state index contributed by atoms with van der Waals surface area (Å²) in [6, 6.07) is 14.9. The molecule has 2 aliphatic heterocycles. The molecular formula is C40H47N5O8S. The van der Waals surface area contributed by atoms with E-state index in [4.69, 9.17) is 14.5 Å². The predicted octanol–water partition coefficient (Wildman–Crippen LogP) is 4.01. The summed E-state index contributed by atoms with van der Waals surface area (Å²) in [7, 11) is -2.32. The molecule has 286 valence electrons. The molecule has 0 radical (unpaired) electrons. The second kappa shape index (κ2) is 14.3. The minimum atomic E-state index is -3.89. The van der Waals surface area contributed by atoms with Crippen LogP contribution in [0.2, 0.25) is 0 Å².